The van der Waals surface area contributed by atoms with E-state index in [4.69, 9.17) is 23.2 Å². The molecular weight excluding hydrogens is 231 g/mol. The van der Waals surface area contributed by atoms with Gasteiger partial charge in [-0.2, -0.15) is 0 Å². The molecule has 1 aromatic rings. The van der Waals surface area contributed by atoms with Gasteiger partial charge in [-0.25, -0.2) is 8.42 Å². The van der Waals surface area contributed by atoms with Crippen LogP contribution in [0.15, 0.2) is 29.2 Å². The molecule has 0 saturated carbocycles. The molecule has 0 aliphatic heterocycles. The first kappa shape index (κ1) is 10.8. The summed E-state index contributed by atoms with van der Waals surface area (Å²) in [5.74, 6) is 0.0315. The SMILES string of the molecule is O=S(=O)(CCCl)c1cccc(Cl)c1. The van der Waals surface area contributed by atoms with Gasteiger partial charge in [0, 0.05) is 10.9 Å². The molecule has 0 saturated heterocycles. The maximum atomic E-state index is 11.4. The lowest BCUT2D eigenvalue weighted by Crippen LogP contribution is -2.07. The van der Waals surface area contributed by atoms with E-state index in [9.17, 15) is 8.42 Å². The van der Waals surface area contributed by atoms with Gasteiger partial charge in [0.2, 0.25) is 0 Å². The number of sulfone groups is 1. The summed E-state index contributed by atoms with van der Waals surface area (Å²) in [6, 6.07) is 6.15. The summed E-state index contributed by atoms with van der Waals surface area (Å²) in [6.07, 6.45) is 0. The monoisotopic (exact) mass is 238 g/mol. The van der Waals surface area contributed by atoms with Crippen molar-refractivity contribution in [3.8, 4) is 0 Å². The summed E-state index contributed by atoms with van der Waals surface area (Å²) in [5, 5.41) is 0.413. The lowest BCUT2D eigenvalue weighted by atomic mass is 10.4. The second-order valence-corrected chi connectivity index (χ2v) is 5.39. The van der Waals surface area contributed by atoms with E-state index in [1.54, 1.807) is 12.1 Å². The summed E-state index contributed by atoms with van der Waals surface area (Å²) in [7, 11) is -3.25. The standard InChI is InChI=1S/C8H8Cl2O2S/c9-4-5-13(11,12)8-3-1-2-7(10)6-8/h1-3,6H,4-5H2. The zero-order valence-corrected chi connectivity index (χ0v) is 9.03. The number of hydrogen-bond donors (Lipinski definition) is 0. The quantitative estimate of drug-likeness (QED) is 0.758. The van der Waals surface area contributed by atoms with Crippen LogP contribution >= 0.6 is 23.2 Å². The molecule has 0 aromatic heterocycles. The molecule has 0 unspecified atom stereocenters. The van der Waals surface area contributed by atoms with Crippen LogP contribution in [0.2, 0.25) is 5.02 Å². The van der Waals surface area contributed by atoms with E-state index in [1.165, 1.54) is 12.1 Å². The van der Waals surface area contributed by atoms with E-state index in [1.807, 2.05) is 0 Å². The van der Waals surface area contributed by atoms with Gasteiger partial charge in [0.25, 0.3) is 0 Å². The molecule has 0 bridgehead atoms. The second-order valence-electron chi connectivity index (χ2n) is 2.47. The number of hydrogen-bond acceptors (Lipinski definition) is 2. The van der Waals surface area contributed by atoms with Gasteiger partial charge in [0.1, 0.15) is 0 Å². The molecule has 72 valence electrons. The average Bonchev–Trinajstić information content (AvgIpc) is 2.04. The zero-order chi connectivity index (χ0) is 9.90. The van der Waals surface area contributed by atoms with Crippen LogP contribution in [0.4, 0.5) is 0 Å². The highest BCUT2D eigenvalue weighted by Gasteiger charge is 2.12. The van der Waals surface area contributed by atoms with E-state index < -0.39 is 9.84 Å². The van der Waals surface area contributed by atoms with Gasteiger partial charge in [-0.05, 0) is 18.2 Å². The van der Waals surface area contributed by atoms with Crippen LogP contribution in [-0.4, -0.2) is 20.1 Å². The maximum Gasteiger partial charge on any atom is 0.179 e. The van der Waals surface area contributed by atoms with E-state index in [0.29, 0.717) is 5.02 Å². The lowest BCUT2D eigenvalue weighted by Gasteiger charge is -2.01. The van der Waals surface area contributed by atoms with Crippen molar-refractivity contribution in [1.29, 1.82) is 0 Å². The van der Waals surface area contributed by atoms with Crippen molar-refractivity contribution >= 4 is 33.0 Å². The first-order valence-electron chi connectivity index (χ1n) is 3.60. The van der Waals surface area contributed by atoms with Crippen LogP contribution in [0.1, 0.15) is 0 Å². The van der Waals surface area contributed by atoms with Crippen LogP contribution in [0.5, 0.6) is 0 Å². The first-order chi connectivity index (χ1) is 6.06. The molecule has 1 aromatic carbocycles. The summed E-state index contributed by atoms with van der Waals surface area (Å²) in [6.45, 7) is 0. The first-order valence-corrected chi connectivity index (χ1v) is 6.17. The molecule has 0 heterocycles. The molecule has 0 spiro atoms. The highest BCUT2D eigenvalue weighted by atomic mass is 35.5. The smallest absolute Gasteiger partial charge is 0.179 e. The van der Waals surface area contributed by atoms with Gasteiger partial charge in [0.05, 0.1) is 10.6 Å². The number of rotatable bonds is 3. The predicted octanol–water partition coefficient (Wildman–Crippen LogP) is 2.35. The topological polar surface area (TPSA) is 34.1 Å². The third-order valence-electron chi connectivity index (χ3n) is 1.50. The zero-order valence-electron chi connectivity index (χ0n) is 6.70. The van der Waals surface area contributed by atoms with Crippen molar-refractivity contribution < 1.29 is 8.42 Å². The fourth-order valence-corrected chi connectivity index (χ4v) is 2.78. The second kappa shape index (κ2) is 4.31. The van der Waals surface area contributed by atoms with Crippen molar-refractivity contribution in [2.75, 3.05) is 11.6 Å². The van der Waals surface area contributed by atoms with E-state index >= 15 is 0 Å². The molecule has 2 nitrogen and oxygen atoms in total. The van der Waals surface area contributed by atoms with Crippen LogP contribution < -0.4 is 0 Å². The Labute approximate surface area is 87.4 Å². The fourth-order valence-electron chi connectivity index (χ4n) is 0.880. The van der Waals surface area contributed by atoms with Crippen molar-refractivity contribution in [3.05, 3.63) is 29.3 Å². The Bertz CT molecular complexity index is 387. The summed E-state index contributed by atoms with van der Waals surface area (Å²) < 4.78 is 22.9. The van der Waals surface area contributed by atoms with Gasteiger partial charge in [-0.3, -0.25) is 0 Å². The van der Waals surface area contributed by atoms with Crippen molar-refractivity contribution in [2.24, 2.45) is 0 Å². The van der Waals surface area contributed by atoms with Gasteiger partial charge in [-0.15, -0.1) is 11.6 Å². The summed E-state index contributed by atoms with van der Waals surface area (Å²) in [5.41, 5.74) is 0. The van der Waals surface area contributed by atoms with Crippen molar-refractivity contribution in [2.45, 2.75) is 4.90 Å². The molecule has 0 N–H and O–H groups in total. The Balaban J connectivity index is 3.08. The van der Waals surface area contributed by atoms with Crippen LogP contribution in [0.3, 0.4) is 0 Å². The molecule has 1 rings (SSSR count). The molecular formula is C8H8Cl2O2S. The Kier molecular flexibility index (Phi) is 3.59. The van der Waals surface area contributed by atoms with E-state index in [2.05, 4.69) is 0 Å². The number of benzene rings is 1. The molecule has 0 radical (unpaired) electrons. The van der Waals surface area contributed by atoms with Crippen LogP contribution in [-0.2, 0) is 9.84 Å². The van der Waals surface area contributed by atoms with Gasteiger partial charge in [0.15, 0.2) is 9.84 Å². The van der Waals surface area contributed by atoms with Gasteiger partial charge < -0.3 is 0 Å². The molecule has 0 fully saturated rings. The molecule has 0 aliphatic rings. The predicted molar refractivity (Wildman–Crippen MR) is 54.2 cm³/mol. The maximum absolute atomic E-state index is 11.4. The highest BCUT2D eigenvalue weighted by Crippen LogP contribution is 2.16. The fraction of sp³-hybridized carbons (Fsp3) is 0.250. The highest BCUT2D eigenvalue weighted by molar-refractivity contribution is 7.91. The molecule has 13 heavy (non-hydrogen) atoms. The third-order valence-corrected chi connectivity index (χ3v) is 3.86. The van der Waals surface area contributed by atoms with Gasteiger partial charge in [-0.1, -0.05) is 17.7 Å². The van der Waals surface area contributed by atoms with Crippen molar-refractivity contribution in [1.82, 2.24) is 0 Å². The van der Waals surface area contributed by atoms with Crippen molar-refractivity contribution in [3.63, 3.8) is 0 Å². The average molecular weight is 239 g/mol. The lowest BCUT2D eigenvalue weighted by molar-refractivity contribution is 0.597. The van der Waals surface area contributed by atoms with Crippen LogP contribution in [0, 0.1) is 0 Å². The Morgan fingerprint density at radius 1 is 1.31 bits per heavy atom. The molecule has 5 heteroatoms. The van der Waals surface area contributed by atoms with Crippen LogP contribution in [0.25, 0.3) is 0 Å². The minimum absolute atomic E-state index is 0.0606. The Morgan fingerprint density at radius 2 is 2.00 bits per heavy atom. The minimum atomic E-state index is -3.25. The normalized spacial score (nSPS) is 11.5. The van der Waals surface area contributed by atoms with Gasteiger partial charge >= 0.3 is 0 Å². The largest absolute Gasteiger partial charge is 0.224 e. The number of alkyl halides is 1. The number of halogens is 2. The Hall–Kier alpha value is -0.250. The molecule has 0 aliphatic carbocycles. The Morgan fingerprint density at radius 3 is 2.54 bits per heavy atom. The van der Waals surface area contributed by atoms with E-state index in [0.717, 1.165) is 0 Å². The minimum Gasteiger partial charge on any atom is -0.224 e. The van der Waals surface area contributed by atoms with E-state index in [-0.39, 0.29) is 16.5 Å². The third kappa shape index (κ3) is 2.86. The molecule has 0 atom stereocenters. The summed E-state index contributed by atoms with van der Waals surface area (Å²) >= 11 is 11.0. The molecule has 0 amide bonds. The summed E-state index contributed by atoms with van der Waals surface area (Å²) in [4.78, 5) is 0.223.